The van der Waals surface area contributed by atoms with E-state index in [1.54, 1.807) is 0 Å². The van der Waals surface area contributed by atoms with Crippen molar-refractivity contribution < 1.29 is 14.9 Å². The van der Waals surface area contributed by atoms with Crippen molar-refractivity contribution in [2.45, 2.75) is 124 Å². The van der Waals surface area contributed by atoms with Gasteiger partial charge >= 0.3 is 0 Å². The minimum Gasteiger partial charge on any atom is -0.393 e. The van der Waals surface area contributed by atoms with Gasteiger partial charge in [-0.1, -0.05) is 65.0 Å². The number of hydrogen-bond donors (Lipinski definition) is 3. The lowest BCUT2D eigenvalue weighted by Gasteiger charge is -2.62. The van der Waals surface area contributed by atoms with E-state index in [0.29, 0.717) is 22.9 Å². The maximum atomic E-state index is 10.8. The molecule has 0 radical (unpaired) electrons. The summed E-state index contributed by atoms with van der Waals surface area (Å²) >= 11 is 0. The third kappa shape index (κ3) is 3.86. The van der Waals surface area contributed by atoms with Crippen LogP contribution in [0.2, 0.25) is 0 Å². The fourth-order valence-electron chi connectivity index (χ4n) is 9.26. The summed E-state index contributed by atoms with van der Waals surface area (Å²) in [5, 5.41) is 10.8. The molecule has 4 aliphatic rings. The summed E-state index contributed by atoms with van der Waals surface area (Å²) < 4.78 is 0. The van der Waals surface area contributed by atoms with Crippen LogP contribution in [0.1, 0.15) is 118 Å². The van der Waals surface area contributed by atoms with Crippen LogP contribution in [0.3, 0.4) is 0 Å². The van der Waals surface area contributed by atoms with Crippen molar-refractivity contribution in [2.75, 3.05) is 6.16 Å². The molecule has 2 fully saturated rings. The van der Waals surface area contributed by atoms with Crippen molar-refractivity contribution in [2.24, 2.45) is 33.5 Å². The molecule has 4 rings (SSSR count). The van der Waals surface area contributed by atoms with Crippen LogP contribution in [0.5, 0.6) is 0 Å². The van der Waals surface area contributed by atoms with E-state index < -0.39 is 8.38 Å². The van der Waals surface area contributed by atoms with E-state index in [0.717, 1.165) is 25.2 Å². The van der Waals surface area contributed by atoms with Crippen molar-refractivity contribution >= 4 is 8.38 Å². The molecule has 2 saturated carbocycles. The molecule has 0 bridgehead atoms. The Morgan fingerprint density at radius 1 is 0.812 bits per heavy atom. The number of rotatable bonds is 7. The number of unbranched alkanes of at least 4 members (excludes halogenated alkanes) is 3. The van der Waals surface area contributed by atoms with Crippen molar-refractivity contribution in [3.05, 3.63) is 11.1 Å². The molecule has 0 amide bonds. The van der Waals surface area contributed by atoms with Crippen LogP contribution in [0, 0.1) is 33.5 Å². The molecule has 0 spiro atoms. The minimum absolute atomic E-state index is 0.0264. The van der Waals surface area contributed by atoms with Crippen molar-refractivity contribution in [3.8, 4) is 0 Å². The third-order valence-electron chi connectivity index (χ3n) is 11.6. The molecule has 3 nitrogen and oxygen atoms in total. The van der Waals surface area contributed by atoms with E-state index >= 15 is 0 Å². The van der Waals surface area contributed by atoms with E-state index in [4.69, 9.17) is 9.79 Å². The van der Waals surface area contributed by atoms with Crippen LogP contribution in [0.15, 0.2) is 11.1 Å². The average molecular weight is 465 g/mol. The highest BCUT2D eigenvalue weighted by atomic mass is 31.2. The molecule has 0 heterocycles. The normalized spacial score (nSPS) is 43.2. The zero-order chi connectivity index (χ0) is 23.4. The first kappa shape index (κ1) is 25.2. The number of allylic oxidation sites excluding steroid dienone is 2. The van der Waals surface area contributed by atoms with Crippen LogP contribution in [-0.4, -0.2) is 27.2 Å². The lowest BCUT2D eigenvalue weighted by molar-refractivity contribution is -0.0957. The second-order valence-electron chi connectivity index (χ2n) is 13.1. The van der Waals surface area contributed by atoms with Crippen LogP contribution in [0.4, 0.5) is 0 Å². The summed E-state index contributed by atoms with van der Waals surface area (Å²) in [6, 6.07) is 0. The Labute approximate surface area is 198 Å². The highest BCUT2D eigenvalue weighted by molar-refractivity contribution is 7.45. The predicted octanol–water partition coefficient (Wildman–Crippen LogP) is 7.34. The molecule has 0 aromatic carbocycles. The van der Waals surface area contributed by atoms with Gasteiger partial charge in [0.15, 0.2) is 8.38 Å². The van der Waals surface area contributed by atoms with Crippen LogP contribution >= 0.6 is 8.38 Å². The van der Waals surface area contributed by atoms with Gasteiger partial charge in [-0.15, -0.1) is 0 Å². The topological polar surface area (TPSA) is 60.7 Å². The Kier molecular flexibility index (Phi) is 7.01. The molecule has 0 aromatic rings. The molecule has 3 N–H and O–H groups in total. The summed E-state index contributed by atoms with van der Waals surface area (Å²) in [5.74, 6) is 1.45. The molecule has 6 atom stereocenters. The number of aliphatic hydroxyl groups is 1. The first-order chi connectivity index (χ1) is 15.0. The van der Waals surface area contributed by atoms with Crippen molar-refractivity contribution in [3.63, 3.8) is 0 Å². The highest BCUT2D eigenvalue weighted by Gasteiger charge is 2.62. The van der Waals surface area contributed by atoms with Gasteiger partial charge < -0.3 is 14.9 Å². The third-order valence-corrected chi connectivity index (χ3v) is 12.3. The minimum atomic E-state index is -1.70. The van der Waals surface area contributed by atoms with Gasteiger partial charge in [-0.05, 0) is 97.7 Å². The molecule has 5 unspecified atom stereocenters. The van der Waals surface area contributed by atoms with Gasteiger partial charge in [-0.2, -0.15) is 0 Å². The number of fused-ring (bicyclic) bond motifs is 4. The highest BCUT2D eigenvalue weighted by Crippen LogP contribution is 2.72. The fourth-order valence-corrected chi connectivity index (χ4v) is 9.76. The standard InChI is InChI=1S/C28H49O3P/c1-25(2)23-12-11-22-21(26(23,3)16-15-24(25)29)14-18-27(4)20(13-17-28(22,27)5)10-8-6-7-9-19-32(30)31/h20,23-24,29-31H,6-19H2,1-5H3/t20?,23?,24?,26?,27?,28-/m0/s1. The van der Waals surface area contributed by atoms with Crippen molar-refractivity contribution in [1.29, 1.82) is 0 Å². The SMILES string of the molecule is CC12CCC(O)C(C)(C)C1CCC1=C2CCC2(C)C(CCCCCCP(O)O)CC[C@@]12C. The summed E-state index contributed by atoms with van der Waals surface area (Å²) in [7, 11) is -1.70. The number of aliphatic hydroxyl groups excluding tert-OH is 1. The first-order valence-electron chi connectivity index (χ1n) is 13.5. The number of hydrogen-bond acceptors (Lipinski definition) is 3. The van der Waals surface area contributed by atoms with E-state index in [9.17, 15) is 5.11 Å². The lowest BCUT2D eigenvalue weighted by Crippen LogP contribution is -2.54. The zero-order valence-electron chi connectivity index (χ0n) is 21.4. The monoisotopic (exact) mass is 464 g/mol. The van der Waals surface area contributed by atoms with Gasteiger partial charge in [0.1, 0.15) is 0 Å². The first-order valence-corrected chi connectivity index (χ1v) is 15.0. The summed E-state index contributed by atoms with van der Waals surface area (Å²) in [6.07, 6.45) is 16.4. The second kappa shape index (κ2) is 8.92. The predicted molar refractivity (Wildman–Crippen MR) is 134 cm³/mol. The van der Waals surface area contributed by atoms with Crippen LogP contribution < -0.4 is 0 Å². The fraction of sp³-hybridized carbons (Fsp3) is 0.929. The Bertz CT molecular complexity index is 730. The van der Waals surface area contributed by atoms with E-state index in [2.05, 4.69) is 34.6 Å². The lowest BCUT2D eigenvalue weighted by atomic mass is 9.43. The van der Waals surface area contributed by atoms with Gasteiger partial charge in [0.25, 0.3) is 0 Å². The molecule has 0 aliphatic heterocycles. The summed E-state index contributed by atoms with van der Waals surface area (Å²) in [5.41, 5.74) is 4.78. The van der Waals surface area contributed by atoms with Gasteiger partial charge in [0.05, 0.1) is 6.10 Å². The maximum absolute atomic E-state index is 10.8. The Morgan fingerprint density at radius 3 is 2.25 bits per heavy atom. The quantitative estimate of drug-likeness (QED) is 0.210. The Hall–Kier alpha value is 0.0500. The van der Waals surface area contributed by atoms with Crippen molar-refractivity contribution in [1.82, 2.24) is 0 Å². The second-order valence-corrected chi connectivity index (χ2v) is 14.3. The zero-order valence-corrected chi connectivity index (χ0v) is 22.3. The molecular formula is C28H49O3P. The Balaban J connectivity index is 1.49. The van der Waals surface area contributed by atoms with Gasteiger partial charge in [0, 0.05) is 6.16 Å². The molecule has 184 valence electrons. The smallest absolute Gasteiger partial charge is 0.164 e. The summed E-state index contributed by atoms with van der Waals surface area (Å²) in [6.45, 7) is 12.5. The van der Waals surface area contributed by atoms with Crippen LogP contribution in [0.25, 0.3) is 0 Å². The van der Waals surface area contributed by atoms with Gasteiger partial charge in [0.2, 0.25) is 0 Å². The molecular weight excluding hydrogens is 415 g/mol. The molecule has 0 aromatic heterocycles. The van der Waals surface area contributed by atoms with E-state index in [-0.39, 0.29) is 16.9 Å². The van der Waals surface area contributed by atoms with E-state index in [1.807, 2.05) is 11.1 Å². The molecule has 32 heavy (non-hydrogen) atoms. The Morgan fingerprint density at radius 2 is 1.53 bits per heavy atom. The van der Waals surface area contributed by atoms with Gasteiger partial charge in [-0.3, -0.25) is 0 Å². The maximum Gasteiger partial charge on any atom is 0.164 e. The van der Waals surface area contributed by atoms with Crippen LogP contribution in [-0.2, 0) is 0 Å². The largest absolute Gasteiger partial charge is 0.393 e. The van der Waals surface area contributed by atoms with E-state index in [1.165, 1.54) is 64.2 Å². The van der Waals surface area contributed by atoms with Gasteiger partial charge in [-0.25, -0.2) is 0 Å². The molecule has 4 heteroatoms. The summed E-state index contributed by atoms with van der Waals surface area (Å²) in [4.78, 5) is 18.2. The molecule has 4 aliphatic carbocycles. The average Bonchev–Trinajstić information content (AvgIpc) is 2.99. The molecule has 0 saturated heterocycles.